The van der Waals surface area contributed by atoms with E-state index in [4.69, 9.17) is 0 Å². The Morgan fingerprint density at radius 1 is 1.24 bits per heavy atom. The van der Waals surface area contributed by atoms with Crippen LogP contribution in [0.4, 0.5) is 5.69 Å². The lowest BCUT2D eigenvalue weighted by Crippen LogP contribution is -2.35. The Labute approximate surface area is 130 Å². The van der Waals surface area contributed by atoms with E-state index in [1.54, 1.807) is 24.5 Å². The molecule has 21 heavy (non-hydrogen) atoms. The number of rotatable bonds is 3. The molecular formula is C15H14BrN3O2. The van der Waals surface area contributed by atoms with Gasteiger partial charge in [-0.3, -0.25) is 14.6 Å². The van der Waals surface area contributed by atoms with Crippen LogP contribution in [0.5, 0.6) is 0 Å². The molecule has 0 saturated carbocycles. The van der Waals surface area contributed by atoms with Crippen molar-refractivity contribution in [3.8, 4) is 0 Å². The zero-order chi connectivity index (χ0) is 15.2. The molecule has 2 rings (SSSR count). The van der Waals surface area contributed by atoms with Crippen LogP contribution in [0.1, 0.15) is 11.1 Å². The number of aromatic nitrogens is 1. The Morgan fingerprint density at radius 3 is 2.76 bits per heavy atom. The second-order valence-electron chi connectivity index (χ2n) is 4.48. The summed E-state index contributed by atoms with van der Waals surface area (Å²) in [6.45, 7) is 2.17. The summed E-state index contributed by atoms with van der Waals surface area (Å²) in [5, 5.41) is 5.12. The van der Waals surface area contributed by atoms with Gasteiger partial charge in [0, 0.05) is 23.4 Å². The molecule has 0 fully saturated rings. The fraction of sp³-hybridized carbons (Fsp3) is 0.133. The average molecular weight is 348 g/mol. The molecule has 2 amide bonds. The highest BCUT2D eigenvalue weighted by atomic mass is 79.9. The van der Waals surface area contributed by atoms with Crippen molar-refractivity contribution in [2.24, 2.45) is 0 Å². The van der Waals surface area contributed by atoms with E-state index in [0.29, 0.717) is 5.69 Å². The Bertz CT molecular complexity index is 659. The van der Waals surface area contributed by atoms with E-state index in [1.807, 2.05) is 25.1 Å². The maximum atomic E-state index is 11.8. The molecule has 2 N–H and O–H groups in total. The van der Waals surface area contributed by atoms with Crippen LogP contribution < -0.4 is 10.6 Å². The van der Waals surface area contributed by atoms with Gasteiger partial charge >= 0.3 is 11.8 Å². The van der Waals surface area contributed by atoms with E-state index in [0.717, 1.165) is 15.6 Å². The summed E-state index contributed by atoms with van der Waals surface area (Å²) < 4.78 is 0.724. The van der Waals surface area contributed by atoms with E-state index in [-0.39, 0.29) is 6.54 Å². The van der Waals surface area contributed by atoms with E-state index >= 15 is 0 Å². The molecule has 0 unspecified atom stereocenters. The lowest BCUT2D eigenvalue weighted by molar-refractivity contribution is -0.136. The molecule has 0 aliphatic heterocycles. The maximum Gasteiger partial charge on any atom is 0.313 e. The molecule has 0 saturated heterocycles. The second-order valence-corrected chi connectivity index (χ2v) is 5.34. The predicted molar refractivity (Wildman–Crippen MR) is 83.6 cm³/mol. The van der Waals surface area contributed by atoms with Crippen LogP contribution in [0.3, 0.4) is 0 Å². The van der Waals surface area contributed by atoms with Crippen molar-refractivity contribution in [2.45, 2.75) is 13.5 Å². The maximum absolute atomic E-state index is 11.8. The first kappa shape index (κ1) is 15.2. The van der Waals surface area contributed by atoms with Crippen molar-refractivity contribution in [3.05, 3.63) is 58.3 Å². The van der Waals surface area contributed by atoms with Gasteiger partial charge in [0.15, 0.2) is 0 Å². The fourth-order valence-electron chi connectivity index (χ4n) is 1.68. The average Bonchev–Trinajstić information content (AvgIpc) is 2.49. The summed E-state index contributed by atoms with van der Waals surface area (Å²) in [6, 6.07) is 9.10. The van der Waals surface area contributed by atoms with Crippen molar-refractivity contribution in [2.75, 3.05) is 5.32 Å². The highest BCUT2D eigenvalue weighted by molar-refractivity contribution is 9.10. The zero-order valence-corrected chi connectivity index (χ0v) is 13.0. The van der Waals surface area contributed by atoms with E-state index in [1.165, 1.54) is 0 Å². The lowest BCUT2D eigenvalue weighted by atomic mass is 10.2. The van der Waals surface area contributed by atoms with Crippen LogP contribution in [0.15, 0.2) is 47.2 Å². The molecule has 108 valence electrons. The second kappa shape index (κ2) is 6.99. The number of halogens is 1. The standard InChI is InChI=1S/C15H14BrN3O2/c1-10-4-5-12(16)13(7-10)19-15(21)14(20)18-9-11-3-2-6-17-8-11/h2-8H,9H2,1H3,(H,18,20)(H,19,21). The summed E-state index contributed by atoms with van der Waals surface area (Å²) >= 11 is 3.33. The minimum absolute atomic E-state index is 0.259. The van der Waals surface area contributed by atoms with Gasteiger partial charge in [-0.25, -0.2) is 0 Å². The Hall–Kier alpha value is -2.21. The van der Waals surface area contributed by atoms with Crippen LogP contribution in [0, 0.1) is 6.92 Å². The Morgan fingerprint density at radius 2 is 2.05 bits per heavy atom. The van der Waals surface area contributed by atoms with Crippen molar-refractivity contribution in [3.63, 3.8) is 0 Å². The Kier molecular flexibility index (Phi) is 5.05. The number of amides is 2. The predicted octanol–water partition coefficient (Wildman–Crippen LogP) is 2.41. The van der Waals surface area contributed by atoms with Gasteiger partial charge in [-0.2, -0.15) is 0 Å². The first-order chi connectivity index (χ1) is 10.1. The van der Waals surface area contributed by atoms with Gasteiger partial charge in [0.2, 0.25) is 0 Å². The van der Waals surface area contributed by atoms with Crippen LogP contribution in [0.25, 0.3) is 0 Å². The SMILES string of the molecule is Cc1ccc(Br)c(NC(=O)C(=O)NCc2cccnc2)c1. The van der Waals surface area contributed by atoms with Gasteiger partial charge < -0.3 is 10.6 Å². The molecule has 1 heterocycles. The summed E-state index contributed by atoms with van der Waals surface area (Å²) in [5.74, 6) is -1.39. The van der Waals surface area contributed by atoms with Gasteiger partial charge in [-0.05, 0) is 52.2 Å². The lowest BCUT2D eigenvalue weighted by Gasteiger charge is -2.08. The number of carbonyl (C=O) groups excluding carboxylic acids is 2. The van der Waals surface area contributed by atoms with Crippen LogP contribution in [0.2, 0.25) is 0 Å². The zero-order valence-electron chi connectivity index (χ0n) is 11.4. The van der Waals surface area contributed by atoms with Crippen molar-refractivity contribution in [1.82, 2.24) is 10.3 Å². The number of nitrogens with zero attached hydrogens (tertiary/aromatic N) is 1. The number of aryl methyl sites for hydroxylation is 1. The quantitative estimate of drug-likeness (QED) is 0.837. The molecule has 1 aromatic carbocycles. The normalized spacial score (nSPS) is 10.0. The smallest absolute Gasteiger partial charge is 0.313 e. The summed E-state index contributed by atoms with van der Waals surface area (Å²) in [4.78, 5) is 27.5. The molecule has 0 aliphatic carbocycles. The van der Waals surface area contributed by atoms with E-state index < -0.39 is 11.8 Å². The molecule has 1 aromatic heterocycles. The molecule has 0 radical (unpaired) electrons. The first-order valence-corrected chi connectivity index (χ1v) is 7.10. The number of hydrogen-bond acceptors (Lipinski definition) is 3. The van der Waals surface area contributed by atoms with Gasteiger partial charge in [0.1, 0.15) is 0 Å². The third kappa shape index (κ3) is 4.39. The number of hydrogen-bond donors (Lipinski definition) is 2. The number of nitrogens with one attached hydrogen (secondary N) is 2. The van der Waals surface area contributed by atoms with Gasteiger partial charge in [0.25, 0.3) is 0 Å². The fourth-order valence-corrected chi connectivity index (χ4v) is 2.03. The summed E-state index contributed by atoms with van der Waals surface area (Å²) in [6.07, 6.45) is 3.28. The van der Waals surface area contributed by atoms with E-state index in [9.17, 15) is 9.59 Å². The largest absolute Gasteiger partial charge is 0.344 e. The third-order valence-corrected chi connectivity index (χ3v) is 3.44. The number of anilines is 1. The Balaban J connectivity index is 1.94. The van der Waals surface area contributed by atoms with Crippen molar-refractivity contribution >= 4 is 33.4 Å². The van der Waals surface area contributed by atoms with Gasteiger partial charge in [-0.15, -0.1) is 0 Å². The van der Waals surface area contributed by atoms with E-state index in [2.05, 4.69) is 31.5 Å². The topological polar surface area (TPSA) is 71.1 Å². The first-order valence-electron chi connectivity index (χ1n) is 6.30. The van der Waals surface area contributed by atoms with Crippen LogP contribution in [-0.2, 0) is 16.1 Å². The van der Waals surface area contributed by atoms with Crippen molar-refractivity contribution < 1.29 is 9.59 Å². The number of pyridine rings is 1. The highest BCUT2D eigenvalue weighted by Crippen LogP contribution is 2.23. The van der Waals surface area contributed by atoms with Gasteiger partial charge in [-0.1, -0.05) is 12.1 Å². The monoisotopic (exact) mass is 347 g/mol. The molecule has 2 aromatic rings. The molecular weight excluding hydrogens is 334 g/mol. The number of benzene rings is 1. The highest BCUT2D eigenvalue weighted by Gasteiger charge is 2.14. The minimum atomic E-state index is -0.704. The molecule has 0 spiro atoms. The minimum Gasteiger partial charge on any atom is -0.344 e. The molecule has 5 nitrogen and oxygen atoms in total. The number of carbonyl (C=O) groups is 2. The van der Waals surface area contributed by atoms with Crippen LogP contribution >= 0.6 is 15.9 Å². The third-order valence-electron chi connectivity index (χ3n) is 2.75. The summed E-state index contributed by atoms with van der Waals surface area (Å²) in [5.41, 5.74) is 2.39. The van der Waals surface area contributed by atoms with Gasteiger partial charge in [0.05, 0.1) is 5.69 Å². The van der Waals surface area contributed by atoms with Crippen molar-refractivity contribution in [1.29, 1.82) is 0 Å². The molecule has 6 heteroatoms. The molecule has 0 bridgehead atoms. The molecule has 0 aliphatic rings. The summed E-state index contributed by atoms with van der Waals surface area (Å²) in [7, 11) is 0. The van der Waals surface area contributed by atoms with Crippen LogP contribution in [-0.4, -0.2) is 16.8 Å². The molecule has 0 atom stereocenters.